The third-order valence-electron chi connectivity index (χ3n) is 3.63. The average Bonchev–Trinajstić information content (AvgIpc) is 2.67. The standard InChI is InChI=1S/C19H22O6/c20-11-16(21)18(24-12-14-7-3-1-4-8-14)17(22)13-25-19(23)15-9-5-2-6-10-15/h1-10,16-18,20-22H,11-13H2/t16-,17+,18+/m0/s1. The minimum atomic E-state index is -1.30. The monoisotopic (exact) mass is 346 g/mol. The first-order valence-corrected chi connectivity index (χ1v) is 7.96. The normalized spacial score (nSPS) is 14.5. The highest BCUT2D eigenvalue weighted by Crippen LogP contribution is 2.12. The topological polar surface area (TPSA) is 96.2 Å². The fourth-order valence-electron chi connectivity index (χ4n) is 2.26. The summed E-state index contributed by atoms with van der Waals surface area (Å²) in [6.45, 7) is -0.792. The molecule has 0 unspecified atom stereocenters. The molecule has 0 bridgehead atoms. The van der Waals surface area contributed by atoms with Gasteiger partial charge in [0.25, 0.3) is 0 Å². The number of hydrogen-bond donors (Lipinski definition) is 3. The van der Waals surface area contributed by atoms with Gasteiger partial charge in [-0.1, -0.05) is 48.5 Å². The molecule has 0 heterocycles. The van der Waals surface area contributed by atoms with E-state index in [4.69, 9.17) is 14.6 Å². The summed E-state index contributed by atoms with van der Waals surface area (Å²) >= 11 is 0. The molecule has 0 saturated heterocycles. The summed E-state index contributed by atoms with van der Waals surface area (Å²) in [5, 5.41) is 29.2. The summed E-state index contributed by atoms with van der Waals surface area (Å²) < 4.78 is 10.6. The second-order valence-electron chi connectivity index (χ2n) is 5.54. The van der Waals surface area contributed by atoms with Gasteiger partial charge in [-0.15, -0.1) is 0 Å². The maximum Gasteiger partial charge on any atom is 0.338 e. The maximum atomic E-state index is 11.9. The number of aliphatic hydroxyl groups is 3. The van der Waals surface area contributed by atoms with Crippen LogP contribution in [0, 0.1) is 0 Å². The van der Waals surface area contributed by atoms with Crippen LogP contribution >= 0.6 is 0 Å². The minimum absolute atomic E-state index is 0.145. The lowest BCUT2D eigenvalue weighted by Crippen LogP contribution is -2.44. The van der Waals surface area contributed by atoms with Crippen molar-refractivity contribution < 1.29 is 29.6 Å². The van der Waals surface area contributed by atoms with E-state index in [-0.39, 0.29) is 13.2 Å². The lowest BCUT2D eigenvalue weighted by Gasteiger charge is -2.26. The molecule has 3 N–H and O–H groups in total. The van der Waals surface area contributed by atoms with Gasteiger partial charge in [0.15, 0.2) is 0 Å². The summed E-state index contributed by atoms with van der Waals surface area (Å²) in [6, 6.07) is 17.6. The molecule has 3 atom stereocenters. The first-order chi connectivity index (χ1) is 12.1. The first kappa shape index (κ1) is 19.1. The SMILES string of the molecule is O=C(OC[C@@H](O)[C@H](OCc1ccccc1)[C@@H](O)CO)c1ccccc1. The Kier molecular flexibility index (Phi) is 7.56. The lowest BCUT2D eigenvalue weighted by molar-refractivity contribution is -0.130. The van der Waals surface area contributed by atoms with Gasteiger partial charge < -0.3 is 24.8 Å². The summed E-state index contributed by atoms with van der Waals surface area (Å²) in [5.74, 6) is -0.583. The molecule has 2 aromatic rings. The van der Waals surface area contributed by atoms with Crippen LogP contribution < -0.4 is 0 Å². The zero-order valence-electron chi connectivity index (χ0n) is 13.7. The molecule has 6 nitrogen and oxygen atoms in total. The number of carbonyl (C=O) groups is 1. The van der Waals surface area contributed by atoms with E-state index in [0.717, 1.165) is 5.56 Å². The Morgan fingerprint density at radius 2 is 1.52 bits per heavy atom. The van der Waals surface area contributed by atoms with E-state index in [1.165, 1.54) is 0 Å². The van der Waals surface area contributed by atoms with Gasteiger partial charge >= 0.3 is 5.97 Å². The van der Waals surface area contributed by atoms with Crippen molar-refractivity contribution in [3.05, 3.63) is 71.8 Å². The van der Waals surface area contributed by atoms with Crippen molar-refractivity contribution >= 4 is 5.97 Å². The molecule has 0 aromatic heterocycles. The summed E-state index contributed by atoms with van der Waals surface area (Å²) in [5.41, 5.74) is 1.21. The molecule has 0 fully saturated rings. The zero-order valence-corrected chi connectivity index (χ0v) is 13.7. The third kappa shape index (κ3) is 5.95. The van der Waals surface area contributed by atoms with Crippen LogP contribution in [0.2, 0.25) is 0 Å². The second-order valence-corrected chi connectivity index (χ2v) is 5.54. The minimum Gasteiger partial charge on any atom is -0.459 e. The van der Waals surface area contributed by atoms with Crippen LogP contribution in [0.15, 0.2) is 60.7 Å². The predicted octanol–water partition coefficient (Wildman–Crippen LogP) is 1.14. The highest BCUT2D eigenvalue weighted by Gasteiger charge is 2.29. The molecule has 0 aliphatic carbocycles. The number of aliphatic hydroxyl groups excluding tert-OH is 3. The van der Waals surface area contributed by atoms with Gasteiger partial charge in [0.2, 0.25) is 0 Å². The third-order valence-corrected chi connectivity index (χ3v) is 3.63. The fourth-order valence-corrected chi connectivity index (χ4v) is 2.26. The van der Waals surface area contributed by atoms with E-state index in [1.54, 1.807) is 30.3 Å². The molecule has 134 valence electrons. The van der Waals surface area contributed by atoms with E-state index < -0.39 is 30.9 Å². The molecule has 0 saturated carbocycles. The van der Waals surface area contributed by atoms with E-state index in [2.05, 4.69) is 0 Å². The summed E-state index contributed by atoms with van der Waals surface area (Å²) in [6.07, 6.45) is -3.67. The number of benzene rings is 2. The molecular formula is C19H22O6. The molecule has 6 heteroatoms. The van der Waals surface area contributed by atoms with Gasteiger partial charge in [-0.25, -0.2) is 4.79 Å². The van der Waals surface area contributed by atoms with Crippen LogP contribution in [0.5, 0.6) is 0 Å². The summed E-state index contributed by atoms with van der Waals surface area (Å²) in [4.78, 5) is 11.9. The van der Waals surface area contributed by atoms with Crippen molar-refractivity contribution in [3.63, 3.8) is 0 Å². The van der Waals surface area contributed by atoms with Crippen molar-refractivity contribution in [2.75, 3.05) is 13.2 Å². The Bertz CT molecular complexity index is 631. The highest BCUT2D eigenvalue weighted by atomic mass is 16.6. The predicted molar refractivity (Wildman–Crippen MR) is 90.8 cm³/mol. The van der Waals surface area contributed by atoms with E-state index in [1.807, 2.05) is 30.3 Å². The Hall–Kier alpha value is -2.25. The van der Waals surface area contributed by atoms with Crippen LogP contribution in [0.3, 0.4) is 0 Å². The molecule has 0 spiro atoms. The number of hydrogen-bond acceptors (Lipinski definition) is 6. The van der Waals surface area contributed by atoms with Gasteiger partial charge in [-0.3, -0.25) is 0 Å². The molecule has 0 radical (unpaired) electrons. The van der Waals surface area contributed by atoms with Crippen molar-refractivity contribution in [1.29, 1.82) is 0 Å². The van der Waals surface area contributed by atoms with Crippen LogP contribution in [-0.4, -0.2) is 52.8 Å². The van der Waals surface area contributed by atoms with Crippen LogP contribution in [-0.2, 0) is 16.1 Å². The van der Waals surface area contributed by atoms with Gasteiger partial charge in [0, 0.05) is 0 Å². The number of carbonyl (C=O) groups excluding carboxylic acids is 1. The molecule has 25 heavy (non-hydrogen) atoms. The fraction of sp³-hybridized carbons (Fsp3) is 0.316. The van der Waals surface area contributed by atoms with Gasteiger partial charge in [0.05, 0.1) is 18.8 Å². The molecular weight excluding hydrogens is 324 g/mol. The van der Waals surface area contributed by atoms with Crippen LogP contribution in [0.4, 0.5) is 0 Å². The van der Waals surface area contributed by atoms with Gasteiger partial charge in [-0.05, 0) is 17.7 Å². The second kappa shape index (κ2) is 9.90. The van der Waals surface area contributed by atoms with Crippen molar-refractivity contribution in [2.24, 2.45) is 0 Å². The molecule has 2 rings (SSSR count). The number of ether oxygens (including phenoxy) is 2. The van der Waals surface area contributed by atoms with E-state index in [9.17, 15) is 15.0 Å². The number of esters is 1. The molecule has 0 aliphatic heterocycles. The average molecular weight is 346 g/mol. The quantitative estimate of drug-likeness (QED) is 0.589. The number of rotatable bonds is 9. The largest absolute Gasteiger partial charge is 0.459 e. The molecule has 0 aliphatic rings. The zero-order chi connectivity index (χ0) is 18.1. The van der Waals surface area contributed by atoms with Crippen molar-refractivity contribution in [2.45, 2.75) is 24.9 Å². The summed E-state index contributed by atoms with van der Waals surface area (Å²) in [7, 11) is 0. The van der Waals surface area contributed by atoms with E-state index >= 15 is 0 Å². The van der Waals surface area contributed by atoms with Gasteiger partial charge in [-0.2, -0.15) is 0 Å². The Balaban J connectivity index is 1.91. The van der Waals surface area contributed by atoms with Gasteiger partial charge in [0.1, 0.15) is 24.9 Å². The van der Waals surface area contributed by atoms with Crippen molar-refractivity contribution in [3.8, 4) is 0 Å². The maximum absolute atomic E-state index is 11.9. The molecule has 2 aromatic carbocycles. The van der Waals surface area contributed by atoms with Crippen LogP contribution in [0.25, 0.3) is 0 Å². The van der Waals surface area contributed by atoms with Crippen LogP contribution in [0.1, 0.15) is 15.9 Å². The molecule has 0 amide bonds. The van der Waals surface area contributed by atoms with Crippen molar-refractivity contribution in [1.82, 2.24) is 0 Å². The first-order valence-electron chi connectivity index (χ1n) is 7.96. The highest BCUT2D eigenvalue weighted by molar-refractivity contribution is 5.89. The Morgan fingerprint density at radius 1 is 0.920 bits per heavy atom. The Morgan fingerprint density at radius 3 is 2.12 bits per heavy atom. The Labute approximate surface area is 146 Å². The smallest absolute Gasteiger partial charge is 0.338 e. The lowest BCUT2D eigenvalue weighted by atomic mass is 10.1. The van der Waals surface area contributed by atoms with E-state index in [0.29, 0.717) is 5.56 Å².